The van der Waals surface area contributed by atoms with Gasteiger partial charge in [-0.1, -0.05) is 0 Å². The molecular weight excluding hydrogens is 179 g/mol. The molecule has 0 fully saturated rings. The van der Waals surface area contributed by atoms with Crippen LogP contribution in [0.15, 0.2) is 11.1 Å². The topological polar surface area (TPSA) is 0 Å². The van der Waals surface area contributed by atoms with Crippen molar-refractivity contribution in [3.05, 3.63) is 38.8 Å². The van der Waals surface area contributed by atoms with Crippen LogP contribution in [0.2, 0.25) is 0 Å². The second-order valence-corrected chi connectivity index (χ2v) is 2.41. The van der Waals surface area contributed by atoms with Crippen LogP contribution in [0.1, 0.15) is 27.7 Å². The predicted molar refractivity (Wildman–Crippen MR) is 51.2 cm³/mol. The number of rotatable bonds is 1. The molecule has 0 atom stereocenters. The molecule has 0 rings (SSSR count). The minimum absolute atomic E-state index is 0. The van der Waals surface area contributed by atoms with Crippen molar-refractivity contribution >= 4 is 0 Å². The molecule has 0 N–H and O–H groups in total. The Morgan fingerprint density at radius 1 is 1.09 bits per heavy atom. The van der Waals surface area contributed by atoms with Crippen molar-refractivity contribution in [2.75, 3.05) is 0 Å². The molecular formula is C10H20Ni-4. The first-order valence-electron chi connectivity index (χ1n) is 2.85. The largest absolute Gasteiger partial charge is 0.367 e. The summed E-state index contributed by atoms with van der Waals surface area (Å²) in [5.74, 6) is 1.36. The van der Waals surface area contributed by atoms with Crippen molar-refractivity contribution in [3.8, 4) is 0 Å². The van der Waals surface area contributed by atoms with Gasteiger partial charge in [0.1, 0.15) is 0 Å². The Bertz CT molecular complexity index is 97.4. The van der Waals surface area contributed by atoms with Crippen molar-refractivity contribution in [2.45, 2.75) is 27.7 Å². The fourth-order valence-electron chi connectivity index (χ4n) is 0.427. The van der Waals surface area contributed by atoms with Gasteiger partial charge in [0, 0.05) is 16.5 Å². The van der Waals surface area contributed by atoms with Gasteiger partial charge in [-0.05, 0) is 0 Å². The zero-order valence-corrected chi connectivity index (χ0v) is 9.51. The molecule has 1 heteroatoms. The molecule has 0 aromatic rings. The van der Waals surface area contributed by atoms with Gasteiger partial charge in [-0.15, -0.1) is 27.7 Å². The molecule has 0 aromatic carbocycles. The molecule has 0 spiro atoms. The van der Waals surface area contributed by atoms with Crippen LogP contribution in [0.3, 0.4) is 0 Å². The first-order chi connectivity index (χ1) is 3.55. The van der Waals surface area contributed by atoms with Crippen LogP contribution in [0.4, 0.5) is 0 Å². The summed E-state index contributed by atoms with van der Waals surface area (Å²) < 4.78 is 0. The van der Waals surface area contributed by atoms with Crippen molar-refractivity contribution in [2.24, 2.45) is 0 Å². The van der Waals surface area contributed by atoms with Crippen LogP contribution < -0.4 is 0 Å². The van der Waals surface area contributed by atoms with Crippen molar-refractivity contribution in [3.63, 3.8) is 0 Å². The fraction of sp³-hybridized carbons (Fsp3) is 0.400. The third-order valence-electron chi connectivity index (χ3n) is 1.39. The van der Waals surface area contributed by atoms with Gasteiger partial charge >= 0.3 is 0 Å². The number of hydrogen-bond acceptors (Lipinski definition) is 0. The molecule has 0 saturated heterocycles. The van der Waals surface area contributed by atoms with Gasteiger partial charge in [-0.3, -0.25) is 0 Å². The van der Waals surface area contributed by atoms with Crippen LogP contribution >= 0.6 is 0 Å². The summed E-state index contributed by atoms with van der Waals surface area (Å²) in [6, 6.07) is 0. The van der Waals surface area contributed by atoms with Gasteiger partial charge in [0.05, 0.1) is 0 Å². The van der Waals surface area contributed by atoms with E-state index in [1.807, 2.05) is 6.92 Å². The molecule has 0 nitrogen and oxygen atoms in total. The molecule has 0 aliphatic heterocycles. The Kier molecular flexibility index (Phi) is 20.4. The maximum Gasteiger partial charge on any atom is 0 e. The van der Waals surface area contributed by atoms with E-state index in [0.717, 1.165) is 0 Å². The second-order valence-electron chi connectivity index (χ2n) is 2.41. The summed E-state index contributed by atoms with van der Waals surface area (Å²) in [7, 11) is 0. The molecule has 0 unspecified atom stereocenters. The smallest absolute Gasteiger partial charge is 0 e. The summed E-state index contributed by atoms with van der Waals surface area (Å²) in [5, 5.41) is 0. The molecule has 0 saturated carbocycles. The van der Waals surface area contributed by atoms with E-state index >= 15 is 0 Å². The SMILES string of the molecule is [CH2-]/C(C)=C(/C)[C-](C)C.[CH3-].[CH3-].[Ni]. The van der Waals surface area contributed by atoms with Crippen LogP contribution in [0.5, 0.6) is 0 Å². The molecule has 0 radical (unpaired) electrons. The minimum atomic E-state index is 0. The first-order valence-corrected chi connectivity index (χ1v) is 2.85. The number of allylic oxidation sites excluding steroid dienone is 2. The zero-order valence-electron chi connectivity index (χ0n) is 8.52. The van der Waals surface area contributed by atoms with E-state index in [1.54, 1.807) is 0 Å². The average molecular weight is 199 g/mol. The van der Waals surface area contributed by atoms with E-state index in [0.29, 0.717) is 0 Å². The van der Waals surface area contributed by atoms with Crippen LogP contribution in [0, 0.1) is 27.7 Å². The maximum absolute atomic E-state index is 3.82. The molecule has 0 amide bonds. The summed E-state index contributed by atoms with van der Waals surface area (Å²) in [6.45, 7) is 12.1. The van der Waals surface area contributed by atoms with E-state index in [-0.39, 0.29) is 31.3 Å². The summed E-state index contributed by atoms with van der Waals surface area (Å²) in [5.41, 5.74) is 2.50. The average Bonchev–Trinajstić information content (AvgIpc) is 1.64. The summed E-state index contributed by atoms with van der Waals surface area (Å²) >= 11 is 0. The summed E-state index contributed by atoms with van der Waals surface area (Å²) in [4.78, 5) is 0. The van der Waals surface area contributed by atoms with Crippen molar-refractivity contribution in [1.29, 1.82) is 0 Å². The van der Waals surface area contributed by atoms with Gasteiger partial charge < -0.3 is 38.8 Å². The standard InChI is InChI=1S/C8H14.2CH3.Ni/c1-6(2)8(5)7(3)4;;;/h1H2,2-5H3;2*1H3;/q-2;2*-1;/b8-6+;;;. The molecule has 0 aliphatic rings. The maximum atomic E-state index is 3.82. The third-order valence-corrected chi connectivity index (χ3v) is 1.39. The Labute approximate surface area is 83.4 Å². The second kappa shape index (κ2) is 9.97. The van der Waals surface area contributed by atoms with Crippen molar-refractivity contribution in [1.82, 2.24) is 0 Å². The van der Waals surface area contributed by atoms with E-state index in [4.69, 9.17) is 0 Å². The summed E-state index contributed by atoms with van der Waals surface area (Å²) in [6.07, 6.45) is 0. The monoisotopic (exact) mass is 198 g/mol. The van der Waals surface area contributed by atoms with E-state index in [1.165, 1.54) is 17.1 Å². The minimum Gasteiger partial charge on any atom is -0.367 e. The number of hydrogen-bond donors (Lipinski definition) is 0. The normalized spacial score (nSPS) is 9.45. The molecule has 0 bridgehead atoms. The van der Waals surface area contributed by atoms with E-state index in [9.17, 15) is 0 Å². The van der Waals surface area contributed by atoms with E-state index < -0.39 is 0 Å². The van der Waals surface area contributed by atoms with Gasteiger partial charge in [-0.25, -0.2) is 0 Å². The molecule has 0 aromatic heterocycles. The Hall–Kier alpha value is -0.0265. The Morgan fingerprint density at radius 3 is 1.36 bits per heavy atom. The van der Waals surface area contributed by atoms with Crippen molar-refractivity contribution < 1.29 is 16.5 Å². The fourth-order valence-corrected chi connectivity index (χ4v) is 0.427. The van der Waals surface area contributed by atoms with Gasteiger partial charge in [0.15, 0.2) is 0 Å². The molecule has 74 valence electrons. The van der Waals surface area contributed by atoms with Crippen LogP contribution in [-0.2, 0) is 16.5 Å². The van der Waals surface area contributed by atoms with Crippen LogP contribution in [0.25, 0.3) is 0 Å². The van der Waals surface area contributed by atoms with E-state index in [2.05, 4.69) is 27.7 Å². The quantitative estimate of drug-likeness (QED) is 0.446. The molecule has 11 heavy (non-hydrogen) atoms. The van der Waals surface area contributed by atoms with Gasteiger partial charge in [0.25, 0.3) is 0 Å². The third kappa shape index (κ3) is 9.97. The molecule has 0 aliphatic carbocycles. The van der Waals surface area contributed by atoms with Gasteiger partial charge in [-0.2, -0.15) is 0 Å². The Morgan fingerprint density at radius 2 is 1.36 bits per heavy atom. The zero-order chi connectivity index (χ0) is 6.73. The first kappa shape index (κ1) is 22.4. The Balaban J connectivity index is -0.0000000817. The molecule has 0 heterocycles. The van der Waals surface area contributed by atoms with Gasteiger partial charge in [0.2, 0.25) is 0 Å². The predicted octanol–water partition coefficient (Wildman–Crippen LogP) is 3.67. The van der Waals surface area contributed by atoms with Crippen LogP contribution in [-0.4, -0.2) is 0 Å².